The Morgan fingerprint density at radius 1 is 1.09 bits per heavy atom. The first kappa shape index (κ1) is 29.1. The third-order valence-corrected chi connectivity index (χ3v) is 8.61. The summed E-state index contributed by atoms with van der Waals surface area (Å²) in [7, 11) is 0. The molecule has 1 amide bonds. The van der Waals surface area contributed by atoms with E-state index in [0.29, 0.717) is 35.5 Å². The summed E-state index contributed by atoms with van der Waals surface area (Å²) in [5, 5.41) is 32.5. The third kappa shape index (κ3) is 6.16. The van der Waals surface area contributed by atoms with E-state index < -0.39 is 11.9 Å². The predicted octanol–water partition coefficient (Wildman–Crippen LogP) is 5.06. The van der Waals surface area contributed by atoms with Crippen molar-refractivity contribution < 1.29 is 18.7 Å². The molecule has 7 rings (SSSR count). The number of benzene rings is 2. The molecule has 2 atom stereocenters. The Morgan fingerprint density at radius 3 is 2.62 bits per heavy atom. The van der Waals surface area contributed by atoms with Crippen LogP contribution in [-0.2, 0) is 4.74 Å². The zero-order valence-electron chi connectivity index (χ0n) is 24.2. The van der Waals surface area contributed by atoms with Crippen molar-refractivity contribution in [1.29, 1.82) is 0 Å². The van der Waals surface area contributed by atoms with Gasteiger partial charge in [0, 0.05) is 42.5 Å². The first-order chi connectivity index (χ1) is 21.9. The van der Waals surface area contributed by atoms with E-state index in [1.54, 1.807) is 41.2 Å². The molecule has 5 aromatic rings. The zero-order chi connectivity index (χ0) is 30.9. The van der Waals surface area contributed by atoms with Gasteiger partial charge in [0.1, 0.15) is 12.4 Å². The van der Waals surface area contributed by atoms with Crippen LogP contribution in [0.1, 0.15) is 60.6 Å². The molecule has 2 fully saturated rings. The molecule has 230 valence electrons. The number of amides is 1. The monoisotopic (exact) mass is 628 g/mol. The quantitative estimate of drug-likeness (QED) is 0.179. The summed E-state index contributed by atoms with van der Waals surface area (Å²) in [6, 6.07) is 13.6. The highest BCUT2D eigenvalue weighted by Gasteiger charge is 2.30. The van der Waals surface area contributed by atoms with E-state index in [1.807, 2.05) is 18.3 Å². The van der Waals surface area contributed by atoms with Gasteiger partial charge < -0.3 is 15.3 Å². The zero-order valence-corrected chi connectivity index (χ0v) is 25.0. The normalized spacial score (nSPS) is 17.2. The molecule has 2 aliphatic rings. The number of tetrazole rings is 1. The Kier molecular flexibility index (Phi) is 7.99. The highest BCUT2D eigenvalue weighted by Crippen LogP contribution is 2.34. The number of nitrogens with one attached hydrogen (secondary N) is 1. The first-order valence-corrected chi connectivity index (χ1v) is 15.3. The summed E-state index contributed by atoms with van der Waals surface area (Å²) in [5.41, 5.74) is 3.55. The standard InChI is InChI=1S/C32H30ClFN8O3/c33-26-11-13-28(41-19-35-38-39-41)30(31(26)34)22-8-12-27(42(44)18-22)29(15-25-3-1-2-14-45-25)40-17-23(16-36-40)20-4-6-21(7-5-20)32(43)37-24-9-10-24/h4-8,11-13,16-19,24-25,29H,1-3,9-10,14-15H2,(H,37,43)/t25-,29?/m1/s1. The van der Waals surface area contributed by atoms with Gasteiger partial charge in [-0.15, -0.1) is 5.10 Å². The van der Waals surface area contributed by atoms with E-state index in [0.717, 1.165) is 48.0 Å². The van der Waals surface area contributed by atoms with E-state index in [4.69, 9.17) is 16.3 Å². The lowest BCUT2D eigenvalue weighted by atomic mass is 9.98. The van der Waals surface area contributed by atoms with Crippen molar-refractivity contribution in [2.45, 2.75) is 56.7 Å². The third-order valence-electron chi connectivity index (χ3n) is 8.32. The summed E-state index contributed by atoms with van der Waals surface area (Å²) >= 11 is 6.14. The second-order valence-corrected chi connectivity index (χ2v) is 11.9. The molecule has 1 saturated carbocycles. The van der Waals surface area contributed by atoms with E-state index in [-0.39, 0.29) is 28.6 Å². The van der Waals surface area contributed by atoms with Crippen LogP contribution in [0.25, 0.3) is 27.9 Å². The molecular formula is C32H30ClFN8O3. The fraction of sp³-hybridized carbons (Fsp3) is 0.312. The number of halogens is 2. The average Bonchev–Trinajstić information content (AvgIpc) is 3.48. The topological polar surface area (TPSA) is 127 Å². The van der Waals surface area contributed by atoms with E-state index in [2.05, 4.69) is 25.9 Å². The maximum absolute atomic E-state index is 15.4. The molecule has 11 nitrogen and oxygen atoms in total. The molecule has 1 unspecified atom stereocenters. The molecule has 1 saturated heterocycles. The minimum absolute atomic E-state index is 0.0443. The van der Waals surface area contributed by atoms with Crippen LogP contribution in [0.4, 0.5) is 4.39 Å². The maximum Gasteiger partial charge on any atom is 0.251 e. The molecule has 13 heteroatoms. The van der Waals surface area contributed by atoms with Crippen LogP contribution in [0.2, 0.25) is 5.02 Å². The summed E-state index contributed by atoms with van der Waals surface area (Å²) in [6.45, 7) is 0.673. The lowest BCUT2D eigenvalue weighted by Gasteiger charge is -2.26. The Hall–Kier alpha value is -4.68. The minimum atomic E-state index is -0.683. The van der Waals surface area contributed by atoms with Crippen molar-refractivity contribution in [2.24, 2.45) is 0 Å². The van der Waals surface area contributed by atoms with Gasteiger partial charge in [0.15, 0.2) is 12.0 Å². The molecule has 0 bridgehead atoms. The number of rotatable bonds is 9. The van der Waals surface area contributed by atoms with Crippen LogP contribution in [-0.4, -0.2) is 54.6 Å². The molecule has 2 aromatic carbocycles. The first-order valence-electron chi connectivity index (χ1n) is 15.0. The van der Waals surface area contributed by atoms with Crippen LogP contribution in [0.3, 0.4) is 0 Å². The van der Waals surface area contributed by atoms with Crippen molar-refractivity contribution in [3.8, 4) is 27.9 Å². The van der Waals surface area contributed by atoms with E-state index in [9.17, 15) is 10.0 Å². The van der Waals surface area contributed by atoms with Crippen LogP contribution in [0.15, 0.2) is 73.4 Å². The second-order valence-electron chi connectivity index (χ2n) is 11.5. The van der Waals surface area contributed by atoms with E-state index >= 15 is 4.39 Å². The Balaban J connectivity index is 1.21. The Bertz CT molecular complexity index is 1820. The lowest BCUT2D eigenvalue weighted by Crippen LogP contribution is -2.37. The SMILES string of the molecule is O=C(NC1CC1)c1ccc(-c2cnn(C(C[C@H]3CCCCO3)c3ccc(-c4c(-n5cnnn5)ccc(Cl)c4F)c[n+]3[O-])c2)cc1. The summed E-state index contributed by atoms with van der Waals surface area (Å²) < 4.78 is 25.3. The summed E-state index contributed by atoms with van der Waals surface area (Å²) in [6.07, 6.45) is 11.8. The Labute approximate surface area is 263 Å². The Morgan fingerprint density at radius 2 is 1.91 bits per heavy atom. The lowest BCUT2D eigenvalue weighted by molar-refractivity contribution is -0.615. The number of carbonyl (C=O) groups is 1. The largest absolute Gasteiger partial charge is 0.618 e. The van der Waals surface area contributed by atoms with Crippen molar-refractivity contribution in [3.63, 3.8) is 0 Å². The number of hydrogen-bond donors (Lipinski definition) is 1. The van der Waals surface area contributed by atoms with Crippen molar-refractivity contribution in [1.82, 2.24) is 35.3 Å². The number of nitrogens with zero attached hydrogens (tertiary/aromatic N) is 7. The molecule has 1 N–H and O–H groups in total. The van der Waals surface area contributed by atoms with Gasteiger partial charge in [-0.2, -0.15) is 14.5 Å². The highest BCUT2D eigenvalue weighted by molar-refractivity contribution is 6.31. The van der Waals surface area contributed by atoms with Gasteiger partial charge in [0.2, 0.25) is 5.69 Å². The fourth-order valence-electron chi connectivity index (χ4n) is 5.75. The number of ether oxygens (including phenoxy) is 1. The molecule has 45 heavy (non-hydrogen) atoms. The van der Waals surface area contributed by atoms with Crippen molar-refractivity contribution in [2.75, 3.05) is 6.61 Å². The van der Waals surface area contributed by atoms with Gasteiger partial charge in [0.25, 0.3) is 5.91 Å². The number of hydrogen-bond acceptors (Lipinski definition) is 7. The van der Waals surface area contributed by atoms with Crippen LogP contribution < -0.4 is 10.0 Å². The van der Waals surface area contributed by atoms with Crippen LogP contribution in [0, 0.1) is 11.0 Å². The van der Waals surface area contributed by atoms with Gasteiger partial charge in [-0.3, -0.25) is 9.48 Å². The van der Waals surface area contributed by atoms with Gasteiger partial charge in [-0.25, -0.2) is 4.39 Å². The van der Waals surface area contributed by atoms with Crippen LogP contribution >= 0.6 is 11.6 Å². The fourth-order valence-corrected chi connectivity index (χ4v) is 5.91. The van der Waals surface area contributed by atoms with Crippen LogP contribution in [0.5, 0.6) is 0 Å². The van der Waals surface area contributed by atoms with Gasteiger partial charge in [0.05, 0.1) is 34.1 Å². The van der Waals surface area contributed by atoms with E-state index in [1.165, 1.54) is 23.3 Å². The molecule has 1 aliphatic heterocycles. The molecular weight excluding hydrogens is 599 g/mol. The maximum atomic E-state index is 15.4. The molecule has 3 aromatic heterocycles. The van der Waals surface area contributed by atoms with Gasteiger partial charge in [-0.05, 0) is 78.4 Å². The number of aromatic nitrogens is 7. The molecule has 4 heterocycles. The number of pyridine rings is 1. The van der Waals surface area contributed by atoms with Gasteiger partial charge >= 0.3 is 0 Å². The smallest absolute Gasteiger partial charge is 0.251 e. The second kappa shape index (κ2) is 12.4. The number of carbonyl (C=O) groups excluding carboxylic acids is 1. The summed E-state index contributed by atoms with van der Waals surface area (Å²) in [5.74, 6) is -0.754. The van der Waals surface area contributed by atoms with Crippen molar-refractivity contribution in [3.05, 3.63) is 101 Å². The van der Waals surface area contributed by atoms with Crippen molar-refractivity contribution >= 4 is 17.5 Å². The minimum Gasteiger partial charge on any atom is -0.618 e. The average molecular weight is 629 g/mol. The molecule has 1 aliphatic carbocycles. The molecule has 0 spiro atoms. The predicted molar refractivity (Wildman–Crippen MR) is 163 cm³/mol. The summed E-state index contributed by atoms with van der Waals surface area (Å²) in [4.78, 5) is 12.4. The van der Waals surface area contributed by atoms with Gasteiger partial charge in [-0.1, -0.05) is 23.7 Å². The molecule has 0 radical (unpaired) electrons. The highest BCUT2D eigenvalue weighted by atomic mass is 35.5.